The number of hydrogen-bond acceptors (Lipinski definition) is 3. The number of guanidine groups is 1. The van der Waals surface area contributed by atoms with Gasteiger partial charge in [0.25, 0.3) is 0 Å². The highest BCUT2D eigenvalue weighted by atomic mass is 15.3. The molecule has 1 N–H and O–H groups in total. The summed E-state index contributed by atoms with van der Waals surface area (Å²) >= 11 is 0. The third-order valence-corrected chi connectivity index (χ3v) is 3.35. The lowest BCUT2D eigenvalue weighted by Crippen LogP contribution is -2.31. The molecule has 1 aromatic rings. The largest absolute Gasteiger partial charge is 0.331 e. The summed E-state index contributed by atoms with van der Waals surface area (Å²) in [6.07, 6.45) is 2.08. The molecule has 0 atom stereocenters. The maximum absolute atomic E-state index is 4.64. The summed E-state index contributed by atoms with van der Waals surface area (Å²) in [5.41, 5.74) is 4.03. The summed E-state index contributed by atoms with van der Waals surface area (Å²) in [6.45, 7) is 6.13. The minimum Gasteiger partial charge on any atom is -0.331 e. The normalized spacial score (nSPS) is 17.9. The van der Waals surface area contributed by atoms with Gasteiger partial charge in [0, 0.05) is 11.9 Å². The van der Waals surface area contributed by atoms with E-state index < -0.39 is 0 Å². The minimum atomic E-state index is 0.514. The fourth-order valence-corrected chi connectivity index (χ4v) is 2.39. The Morgan fingerprint density at radius 2 is 2.00 bits per heavy atom. The van der Waals surface area contributed by atoms with Crippen LogP contribution in [-0.2, 0) is 13.1 Å². The first-order chi connectivity index (χ1) is 8.25. The summed E-state index contributed by atoms with van der Waals surface area (Å²) in [7, 11) is 0. The van der Waals surface area contributed by atoms with E-state index in [1.807, 2.05) is 0 Å². The first kappa shape index (κ1) is 10.4. The molecule has 0 amide bonds. The average molecular weight is 227 g/mol. The van der Waals surface area contributed by atoms with Crippen LogP contribution in [0, 0.1) is 5.92 Å². The van der Waals surface area contributed by atoms with E-state index in [1.54, 1.807) is 0 Å². The van der Waals surface area contributed by atoms with Gasteiger partial charge in [-0.2, -0.15) is 0 Å². The molecule has 0 aromatic heterocycles. The van der Waals surface area contributed by atoms with Crippen LogP contribution in [0.3, 0.4) is 0 Å². The third-order valence-electron chi connectivity index (χ3n) is 3.35. The molecule has 0 unspecified atom stereocenters. The minimum absolute atomic E-state index is 0.514. The van der Waals surface area contributed by atoms with E-state index in [0.29, 0.717) is 5.92 Å². The number of rotatable bonds is 1. The van der Waals surface area contributed by atoms with Gasteiger partial charge in [-0.15, -0.1) is 0 Å². The van der Waals surface area contributed by atoms with Gasteiger partial charge in [0.1, 0.15) is 0 Å². The average Bonchev–Trinajstić information content (AvgIpc) is 2.63. The van der Waals surface area contributed by atoms with E-state index >= 15 is 0 Å². The third kappa shape index (κ3) is 1.71. The van der Waals surface area contributed by atoms with E-state index in [4.69, 9.17) is 0 Å². The Balaban J connectivity index is 1.98. The first-order valence-electron chi connectivity index (χ1n) is 6.11. The van der Waals surface area contributed by atoms with E-state index in [9.17, 15) is 0 Å². The number of hydrogen-bond donors (Lipinski definition) is 1. The fourth-order valence-electron chi connectivity index (χ4n) is 2.39. The van der Waals surface area contributed by atoms with Crippen LogP contribution in [0.5, 0.6) is 0 Å². The van der Waals surface area contributed by atoms with Crippen molar-refractivity contribution in [2.24, 2.45) is 10.9 Å². The van der Waals surface area contributed by atoms with Crippen LogP contribution in [0.25, 0.3) is 0 Å². The molecule has 17 heavy (non-hydrogen) atoms. The van der Waals surface area contributed by atoms with Crippen molar-refractivity contribution in [3.8, 4) is 0 Å². The van der Waals surface area contributed by atoms with Gasteiger partial charge in [-0.3, -0.25) is 0 Å². The predicted octanol–water partition coefficient (Wildman–Crippen LogP) is 2.46. The predicted molar refractivity (Wildman–Crippen MR) is 69.2 cm³/mol. The summed E-state index contributed by atoms with van der Waals surface area (Å²) in [5, 5.41) is 3.28. The van der Waals surface area contributed by atoms with Crippen LogP contribution >= 0.6 is 0 Å². The van der Waals surface area contributed by atoms with Crippen LogP contribution in [0.4, 0.5) is 0 Å². The molecule has 2 aliphatic heterocycles. The Bertz CT molecular complexity index is 500. The monoisotopic (exact) mass is 227 g/mol. The van der Waals surface area contributed by atoms with Crippen molar-refractivity contribution in [1.29, 1.82) is 0 Å². The van der Waals surface area contributed by atoms with Crippen LogP contribution in [0.1, 0.15) is 25.0 Å². The number of nitrogens with zero attached hydrogens (tertiary/aromatic N) is 2. The lowest BCUT2D eigenvalue weighted by Gasteiger charge is -2.23. The number of nitrogens with one attached hydrogen (secondary N) is 1. The highest BCUT2D eigenvalue weighted by Gasteiger charge is 2.26. The van der Waals surface area contributed by atoms with Crippen LogP contribution in [0.15, 0.2) is 41.2 Å². The fraction of sp³-hybridized carbons (Fsp3) is 0.357. The molecule has 0 radical (unpaired) electrons. The second kappa shape index (κ2) is 3.91. The van der Waals surface area contributed by atoms with Crippen molar-refractivity contribution in [2.45, 2.75) is 26.9 Å². The Morgan fingerprint density at radius 1 is 1.24 bits per heavy atom. The van der Waals surface area contributed by atoms with E-state index in [1.165, 1.54) is 16.8 Å². The van der Waals surface area contributed by atoms with E-state index in [-0.39, 0.29) is 0 Å². The van der Waals surface area contributed by atoms with Crippen molar-refractivity contribution in [1.82, 2.24) is 10.2 Å². The maximum Gasteiger partial charge on any atom is 0.203 e. The molecule has 0 saturated heterocycles. The summed E-state index contributed by atoms with van der Waals surface area (Å²) in [4.78, 5) is 6.93. The number of benzene rings is 1. The molecular formula is C14H17N3. The highest BCUT2D eigenvalue weighted by Crippen LogP contribution is 2.26. The van der Waals surface area contributed by atoms with Crippen molar-refractivity contribution < 1.29 is 0 Å². The Morgan fingerprint density at radius 3 is 2.76 bits per heavy atom. The molecule has 3 nitrogen and oxygen atoms in total. The molecule has 0 spiro atoms. The van der Waals surface area contributed by atoms with Crippen molar-refractivity contribution >= 4 is 5.96 Å². The van der Waals surface area contributed by atoms with Crippen molar-refractivity contribution in [3.63, 3.8) is 0 Å². The van der Waals surface area contributed by atoms with Crippen LogP contribution < -0.4 is 5.32 Å². The molecule has 88 valence electrons. The molecule has 2 heterocycles. The standard InChI is InChI=1S/C14H17N3/c1-10(2)13-8-16-14-15-7-11-5-3-4-6-12(11)9-17(13)14/h3-6,8,10H,7,9H2,1-2H3,(H,15,16). The summed E-state index contributed by atoms with van der Waals surface area (Å²) < 4.78 is 0. The Labute approximate surface area is 102 Å². The van der Waals surface area contributed by atoms with Crippen LogP contribution in [-0.4, -0.2) is 10.9 Å². The van der Waals surface area contributed by atoms with Crippen molar-refractivity contribution in [2.75, 3.05) is 0 Å². The van der Waals surface area contributed by atoms with Gasteiger partial charge in [0.2, 0.25) is 5.96 Å². The second-order valence-electron chi connectivity index (χ2n) is 4.86. The van der Waals surface area contributed by atoms with E-state index in [0.717, 1.165) is 19.0 Å². The van der Waals surface area contributed by atoms with Crippen LogP contribution in [0.2, 0.25) is 0 Å². The second-order valence-corrected chi connectivity index (χ2v) is 4.86. The van der Waals surface area contributed by atoms with Gasteiger partial charge < -0.3 is 10.2 Å². The molecule has 0 aliphatic carbocycles. The number of fused-ring (bicyclic) bond motifs is 2. The van der Waals surface area contributed by atoms with Gasteiger partial charge in [0.05, 0.1) is 13.1 Å². The Kier molecular flexibility index (Phi) is 2.39. The molecular weight excluding hydrogens is 210 g/mol. The van der Waals surface area contributed by atoms with Gasteiger partial charge in [-0.1, -0.05) is 38.1 Å². The molecule has 0 saturated carbocycles. The zero-order valence-corrected chi connectivity index (χ0v) is 10.3. The summed E-state index contributed by atoms with van der Waals surface area (Å²) in [5.74, 6) is 1.50. The van der Waals surface area contributed by atoms with E-state index in [2.05, 4.69) is 59.5 Å². The number of allylic oxidation sites excluding steroid dienone is 1. The quantitative estimate of drug-likeness (QED) is 0.798. The number of aliphatic imine (C=N–C) groups is 1. The Hall–Kier alpha value is -1.77. The SMILES string of the molecule is CC(C)C1=CNC2=NCc3ccccc3CN12. The maximum atomic E-state index is 4.64. The van der Waals surface area contributed by atoms with Crippen molar-refractivity contribution in [3.05, 3.63) is 47.3 Å². The van der Waals surface area contributed by atoms with Gasteiger partial charge in [-0.05, 0) is 17.0 Å². The smallest absolute Gasteiger partial charge is 0.203 e. The molecule has 2 aliphatic rings. The topological polar surface area (TPSA) is 27.6 Å². The zero-order chi connectivity index (χ0) is 11.8. The highest BCUT2D eigenvalue weighted by molar-refractivity contribution is 5.85. The van der Waals surface area contributed by atoms with Gasteiger partial charge in [-0.25, -0.2) is 4.99 Å². The molecule has 3 rings (SSSR count). The zero-order valence-electron chi connectivity index (χ0n) is 10.3. The molecule has 0 fully saturated rings. The molecule has 0 bridgehead atoms. The first-order valence-corrected chi connectivity index (χ1v) is 6.11. The molecule has 1 aromatic carbocycles. The lowest BCUT2D eigenvalue weighted by molar-refractivity contribution is 0.458. The summed E-state index contributed by atoms with van der Waals surface area (Å²) in [6, 6.07) is 8.55. The van der Waals surface area contributed by atoms with Gasteiger partial charge >= 0.3 is 0 Å². The lowest BCUT2D eigenvalue weighted by atomic mass is 10.1. The van der Waals surface area contributed by atoms with Gasteiger partial charge in [0.15, 0.2) is 0 Å². The molecule has 3 heteroatoms.